The Hall–Kier alpha value is -1.51. The highest BCUT2D eigenvalue weighted by Gasteiger charge is 2.23. The third-order valence-electron chi connectivity index (χ3n) is 3.90. The standard InChI is InChI=1S/C18H20ClNO/c1-2-20-17(14-9-3-4-11-16(14)19)15-10-5-7-13-8-6-12-21-18(13)15/h3-5,7,9-11,17,20H,2,6,8,12H2,1H3. The van der Waals surface area contributed by atoms with Crippen LogP contribution in [-0.4, -0.2) is 13.2 Å². The number of hydrogen-bond acceptors (Lipinski definition) is 2. The van der Waals surface area contributed by atoms with E-state index < -0.39 is 0 Å². The molecule has 0 saturated heterocycles. The average Bonchev–Trinajstić information content (AvgIpc) is 2.53. The van der Waals surface area contributed by atoms with Gasteiger partial charge >= 0.3 is 0 Å². The van der Waals surface area contributed by atoms with Crippen molar-refractivity contribution < 1.29 is 4.74 Å². The summed E-state index contributed by atoms with van der Waals surface area (Å²) in [6.45, 7) is 3.78. The van der Waals surface area contributed by atoms with E-state index in [1.807, 2.05) is 18.2 Å². The summed E-state index contributed by atoms with van der Waals surface area (Å²) in [5, 5.41) is 4.33. The predicted octanol–water partition coefficient (Wildman–Crippen LogP) is 4.36. The Morgan fingerprint density at radius 1 is 1.14 bits per heavy atom. The second-order valence-corrected chi connectivity index (χ2v) is 5.71. The quantitative estimate of drug-likeness (QED) is 0.906. The maximum absolute atomic E-state index is 6.41. The molecular formula is C18H20ClNO. The minimum Gasteiger partial charge on any atom is -0.493 e. The first-order valence-corrected chi connectivity index (χ1v) is 7.91. The largest absolute Gasteiger partial charge is 0.493 e. The maximum Gasteiger partial charge on any atom is 0.127 e. The molecule has 2 nitrogen and oxygen atoms in total. The number of para-hydroxylation sites is 1. The van der Waals surface area contributed by atoms with Crippen molar-refractivity contribution in [3.63, 3.8) is 0 Å². The molecule has 1 N–H and O–H groups in total. The second-order valence-electron chi connectivity index (χ2n) is 5.30. The van der Waals surface area contributed by atoms with Gasteiger partial charge in [-0.25, -0.2) is 0 Å². The van der Waals surface area contributed by atoms with Crippen molar-refractivity contribution in [2.24, 2.45) is 0 Å². The Bertz CT molecular complexity index is 626. The van der Waals surface area contributed by atoms with Gasteiger partial charge in [0.2, 0.25) is 0 Å². The number of benzene rings is 2. The molecule has 0 fully saturated rings. The zero-order chi connectivity index (χ0) is 14.7. The lowest BCUT2D eigenvalue weighted by Crippen LogP contribution is -2.24. The zero-order valence-corrected chi connectivity index (χ0v) is 13.0. The zero-order valence-electron chi connectivity index (χ0n) is 12.2. The SMILES string of the molecule is CCNC(c1ccccc1Cl)c1cccc2c1OCCC2. The Labute approximate surface area is 131 Å². The van der Waals surface area contributed by atoms with Gasteiger partial charge in [0.25, 0.3) is 0 Å². The molecular weight excluding hydrogens is 282 g/mol. The number of rotatable bonds is 4. The molecule has 0 bridgehead atoms. The normalized spacial score (nSPS) is 15.1. The molecule has 3 rings (SSSR count). The first-order valence-electron chi connectivity index (χ1n) is 7.53. The van der Waals surface area contributed by atoms with Crippen LogP contribution in [0.1, 0.15) is 36.1 Å². The van der Waals surface area contributed by atoms with Crippen molar-refractivity contribution in [3.8, 4) is 5.75 Å². The predicted molar refractivity (Wildman–Crippen MR) is 87.2 cm³/mol. The minimum absolute atomic E-state index is 0.0664. The molecule has 0 amide bonds. The van der Waals surface area contributed by atoms with Gasteiger partial charge in [-0.15, -0.1) is 0 Å². The smallest absolute Gasteiger partial charge is 0.127 e. The average molecular weight is 302 g/mol. The van der Waals surface area contributed by atoms with Crippen LogP contribution in [0.15, 0.2) is 42.5 Å². The van der Waals surface area contributed by atoms with Crippen LogP contribution in [0.25, 0.3) is 0 Å². The van der Waals surface area contributed by atoms with Crippen molar-refractivity contribution in [1.29, 1.82) is 0 Å². The molecule has 0 spiro atoms. The van der Waals surface area contributed by atoms with E-state index in [9.17, 15) is 0 Å². The van der Waals surface area contributed by atoms with E-state index in [0.29, 0.717) is 0 Å². The highest BCUT2D eigenvalue weighted by atomic mass is 35.5. The molecule has 0 saturated carbocycles. The van der Waals surface area contributed by atoms with Crippen LogP contribution in [0.2, 0.25) is 5.02 Å². The third-order valence-corrected chi connectivity index (χ3v) is 4.24. The third kappa shape index (κ3) is 2.92. The molecule has 110 valence electrons. The number of fused-ring (bicyclic) bond motifs is 1. The number of ether oxygens (including phenoxy) is 1. The van der Waals surface area contributed by atoms with Crippen LogP contribution in [-0.2, 0) is 6.42 Å². The van der Waals surface area contributed by atoms with E-state index >= 15 is 0 Å². The van der Waals surface area contributed by atoms with E-state index in [2.05, 4.69) is 36.5 Å². The molecule has 1 heterocycles. The van der Waals surface area contributed by atoms with E-state index in [1.54, 1.807) is 0 Å². The Balaban J connectivity index is 2.08. The first kappa shape index (κ1) is 14.4. The molecule has 21 heavy (non-hydrogen) atoms. The molecule has 1 aliphatic heterocycles. The van der Waals surface area contributed by atoms with Gasteiger partial charge in [0.05, 0.1) is 12.6 Å². The lowest BCUT2D eigenvalue weighted by atomic mass is 9.93. The lowest BCUT2D eigenvalue weighted by Gasteiger charge is -2.26. The molecule has 3 heteroatoms. The number of aryl methyl sites for hydroxylation is 1. The van der Waals surface area contributed by atoms with Crippen molar-refractivity contribution in [3.05, 3.63) is 64.2 Å². The van der Waals surface area contributed by atoms with Gasteiger partial charge in [-0.1, -0.05) is 54.9 Å². The summed E-state index contributed by atoms with van der Waals surface area (Å²) >= 11 is 6.41. The Kier molecular flexibility index (Phi) is 4.47. The molecule has 1 atom stereocenters. The van der Waals surface area contributed by atoms with Crippen molar-refractivity contribution in [1.82, 2.24) is 5.32 Å². The van der Waals surface area contributed by atoms with Gasteiger partial charge in [0.1, 0.15) is 5.75 Å². The van der Waals surface area contributed by atoms with Gasteiger partial charge < -0.3 is 10.1 Å². The number of nitrogens with one attached hydrogen (secondary N) is 1. The van der Waals surface area contributed by atoms with Crippen molar-refractivity contribution >= 4 is 11.6 Å². The van der Waals surface area contributed by atoms with Crippen LogP contribution in [0.4, 0.5) is 0 Å². The molecule has 0 aromatic heterocycles. The highest BCUT2D eigenvalue weighted by Crippen LogP contribution is 2.37. The van der Waals surface area contributed by atoms with E-state index in [4.69, 9.17) is 16.3 Å². The van der Waals surface area contributed by atoms with Gasteiger partial charge in [-0.2, -0.15) is 0 Å². The molecule has 2 aromatic rings. The van der Waals surface area contributed by atoms with Crippen LogP contribution in [0, 0.1) is 0 Å². The summed E-state index contributed by atoms with van der Waals surface area (Å²) in [5.74, 6) is 1.04. The topological polar surface area (TPSA) is 21.3 Å². The monoisotopic (exact) mass is 301 g/mol. The Morgan fingerprint density at radius 2 is 1.95 bits per heavy atom. The maximum atomic E-state index is 6.41. The van der Waals surface area contributed by atoms with Crippen molar-refractivity contribution in [2.45, 2.75) is 25.8 Å². The number of halogens is 1. The Morgan fingerprint density at radius 3 is 2.76 bits per heavy atom. The van der Waals surface area contributed by atoms with Crippen LogP contribution < -0.4 is 10.1 Å². The van der Waals surface area contributed by atoms with Gasteiger partial charge in [0, 0.05) is 10.6 Å². The molecule has 1 unspecified atom stereocenters. The second kappa shape index (κ2) is 6.50. The fourth-order valence-corrected chi connectivity index (χ4v) is 3.19. The molecule has 2 aromatic carbocycles. The van der Waals surface area contributed by atoms with Gasteiger partial charge in [-0.05, 0) is 36.6 Å². The van der Waals surface area contributed by atoms with Crippen LogP contribution in [0.5, 0.6) is 5.75 Å². The molecule has 0 aliphatic carbocycles. The summed E-state index contributed by atoms with van der Waals surface area (Å²) in [7, 11) is 0. The van der Waals surface area contributed by atoms with E-state index in [1.165, 1.54) is 11.1 Å². The fourth-order valence-electron chi connectivity index (χ4n) is 2.94. The summed E-state index contributed by atoms with van der Waals surface area (Å²) in [6, 6.07) is 14.5. The van der Waals surface area contributed by atoms with Gasteiger partial charge in [0.15, 0.2) is 0 Å². The number of hydrogen-bond donors (Lipinski definition) is 1. The van der Waals surface area contributed by atoms with Crippen LogP contribution >= 0.6 is 11.6 Å². The summed E-state index contributed by atoms with van der Waals surface area (Å²) in [5.41, 5.74) is 3.58. The minimum atomic E-state index is 0.0664. The van der Waals surface area contributed by atoms with Crippen LogP contribution in [0.3, 0.4) is 0 Å². The van der Waals surface area contributed by atoms with E-state index in [0.717, 1.165) is 42.3 Å². The molecule has 0 radical (unpaired) electrons. The van der Waals surface area contributed by atoms with E-state index in [-0.39, 0.29) is 6.04 Å². The van der Waals surface area contributed by atoms with Crippen molar-refractivity contribution in [2.75, 3.05) is 13.2 Å². The lowest BCUT2D eigenvalue weighted by molar-refractivity contribution is 0.283. The molecule has 1 aliphatic rings. The fraction of sp³-hybridized carbons (Fsp3) is 0.333. The highest BCUT2D eigenvalue weighted by molar-refractivity contribution is 6.31. The first-order chi connectivity index (χ1) is 10.3. The summed E-state index contributed by atoms with van der Waals surface area (Å²) in [6.07, 6.45) is 2.18. The summed E-state index contributed by atoms with van der Waals surface area (Å²) < 4.78 is 5.96. The van der Waals surface area contributed by atoms with Gasteiger partial charge in [-0.3, -0.25) is 0 Å². The summed E-state index contributed by atoms with van der Waals surface area (Å²) in [4.78, 5) is 0.